The van der Waals surface area contributed by atoms with Crippen LogP contribution in [-0.4, -0.2) is 16.3 Å². The molecule has 0 radical (unpaired) electrons. The maximum atomic E-state index is 13.8. The number of anilines is 1. The van der Waals surface area contributed by atoms with E-state index in [1.807, 2.05) is 54.6 Å². The van der Waals surface area contributed by atoms with Crippen molar-refractivity contribution in [3.05, 3.63) is 95.6 Å². The van der Waals surface area contributed by atoms with Gasteiger partial charge in [0.25, 0.3) is 0 Å². The van der Waals surface area contributed by atoms with E-state index >= 15 is 0 Å². The van der Waals surface area contributed by atoms with Crippen molar-refractivity contribution in [1.29, 1.82) is 0 Å². The van der Waals surface area contributed by atoms with Crippen LogP contribution < -0.4 is 10.1 Å². The maximum Gasteiger partial charge on any atom is 0.417 e. The molecule has 1 aromatic heterocycles. The van der Waals surface area contributed by atoms with Gasteiger partial charge in [0.05, 0.1) is 16.9 Å². The van der Waals surface area contributed by atoms with E-state index < -0.39 is 11.7 Å². The van der Waals surface area contributed by atoms with E-state index in [-0.39, 0.29) is 5.56 Å². The Balaban J connectivity index is 1.50. The average Bonchev–Trinajstić information content (AvgIpc) is 3.03. The summed E-state index contributed by atoms with van der Waals surface area (Å²) >= 11 is 0. The summed E-state index contributed by atoms with van der Waals surface area (Å²) in [7, 11) is 0. The minimum Gasteiger partial charge on any atom is -0.489 e. The minimum absolute atomic E-state index is 0.108. The summed E-state index contributed by atoms with van der Waals surface area (Å²) in [6.45, 7) is 1.20. The van der Waals surface area contributed by atoms with Crippen LogP contribution in [0.5, 0.6) is 5.75 Å². The summed E-state index contributed by atoms with van der Waals surface area (Å²) in [5.74, 6) is 1.46. The predicted octanol–water partition coefficient (Wildman–Crippen LogP) is 6.89. The number of nitrogens with zero attached hydrogens (tertiary/aromatic N) is 2. The summed E-state index contributed by atoms with van der Waals surface area (Å²) in [6, 6.07) is 23.0. The fourth-order valence-electron chi connectivity index (χ4n) is 4.27. The molecule has 0 saturated carbocycles. The van der Waals surface area contributed by atoms with Crippen molar-refractivity contribution in [3.8, 4) is 22.7 Å². The Kier molecular flexibility index (Phi) is 6.01. The molecule has 0 atom stereocenters. The number of fused-ring (bicyclic) bond motifs is 1. The van der Waals surface area contributed by atoms with Gasteiger partial charge >= 0.3 is 6.18 Å². The molecule has 0 aliphatic carbocycles. The van der Waals surface area contributed by atoms with Crippen molar-refractivity contribution in [2.24, 2.45) is 0 Å². The Bertz CT molecular complexity index is 1260. The lowest BCUT2D eigenvalue weighted by molar-refractivity contribution is -0.137. The second kappa shape index (κ2) is 9.25. The number of ether oxygens (including phenoxy) is 1. The van der Waals surface area contributed by atoms with Gasteiger partial charge < -0.3 is 10.1 Å². The van der Waals surface area contributed by atoms with Crippen LogP contribution in [0.4, 0.5) is 19.0 Å². The highest BCUT2D eigenvalue weighted by Crippen LogP contribution is 2.41. The van der Waals surface area contributed by atoms with Gasteiger partial charge in [0.1, 0.15) is 18.2 Å². The molecule has 174 valence electrons. The van der Waals surface area contributed by atoms with Gasteiger partial charge in [-0.1, -0.05) is 48.5 Å². The van der Waals surface area contributed by atoms with Crippen molar-refractivity contribution in [2.75, 3.05) is 11.9 Å². The third-order valence-corrected chi connectivity index (χ3v) is 5.95. The highest BCUT2D eigenvalue weighted by Gasteiger charge is 2.35. The highest BCUT2D eigenvalue weighted by atomic mass is 19.4. The van der Waals surface area contributed by atoms with E-state index in [0.29, 0.717) is 24.5 Å². The van der Waals surface area contributed by atoms with Gasteiger partial charge in [0.15, 0.2) is 0 Å². The third kappa shape index (κ3) is 4.51. The van der Waals surface area contributed by atoms with Crippen LogP contribution in [0.2, 0.25) is 0 Å². The first kappa shape index (κ1) is 22.1. The number of aromatic nitrogens is 2. The quantitative estimate of drug-likeness (QED) is 0.350. The number of halogens is 3. The molecule has 7 heteroatoms. The van der Waals surface area contributed by atoms with Crippen molar-refractivity contribution in [1.82, 2.24) is 9.78 Å². The molecular weight excluding hydrogens is 439 g/mol. The molecule has 0 amide bonds. The first-order chi connectivity index (χ1) is 16.5. The van der Waals surface area contributed by atoms with E-state index in [1.165, 1.54) is 12.1 Å². The molecule has 5 rings (SSSR count). The zero-order valence-electron chi connectivity index (χ0n) is 18.5. The molecule has 1 aliphatic heterocycles. The summed E-state index contributed by atoms with van der Waals surface area (Å²) in [4.78, 5) is 0. The van der Waals surface area contributed by atoms with Gasteiger partial charge in [-0.3, -0.25) is 0 Å². The number of rotatable bonds is 5. The lowest BCUT2D eigenvalue weighted by Crippen LogP contribution is -2.08. The number of hydrogen-bond donors (Lipinski definition) is 1. The SMILES string of the molecule is FC(F)(F)c1ccccc1-c1nn(-c2ccc(OCc3ccccc3)cc2)c2c1CCCCN2. The largest absolute Gasteiger partial charge is 0.489 e. The van der Waals surface area contributed by atoms with Crippen LogP contribution in [0, 0.1) is 0 Å². The maximum absolute atomic E-state index is 13.8. The first-order valence-electron chi connectivity index (χ1n) is 11.3. The van der Waals surface area contributed by atoms with Crippen molar-refractivity contribution in [2.45, 2.75) is 32.0 Å². The summed E-state index contributed by atoms with van der Waals surface area (Å²) in [6.07, 6.45) is -1.95. The standard InChI is InChI=1S/C27H24F3N3O/c28-27(29,30)24-12-5-4-10-22(24)25-23-11-6-7-17-31-26(23)33(32-25)20-13-15-21(16-14-20)34-18-19-8-2-1-3-9-19/h1-5,8-10,12-16,31H,6-7,11,17-18H2. The van der Waals surface area contributed by atoms with E-state index in [1.54, 1.807) is 10.7 Å². The van der Waals surface area contributed by atoms with Crippen LogP contribution >= 0.6 is 0 Å². The molecule has 0 unspecified atom stereocenters. The first-order valence-corrected chi connectivity index (χ1v) is 11.3. The van der Waals surface area contributed by atoms with Crippen LogP contribution in [0.1, 0.15) is 29.5 Å². The topological polar surface area (TPSA) is 39.1 Å². The summed E-state index contributed by atoms with van der Waals surface area (Å²) < 4.78 is 48.8. The van der Waals surface area contributed by atoms with Gasteiger partial charge in [0.2, 0.25) is 0 Å². The fraction of sp³-hybridized carbons (Fsp3) is 0.222. The molecule has 34 heavy (non-hydrogen) atoms. The number of alkyl halides is 3. The Morgan fingerprint density at radius 2 is 1.62 bits per heavy atom. The van der Waals surface area contributed by atoms with Gasteiger partial charge in [-0.2, -0.15) is 18.3 Å². The minimum atomic E-state index is -4.46. The third-order valence-electron chi connectivity index (χ3n) is 5.95. The van der Waals surface area contributed by atoms with Crippen molar-refractivity contribution in [3.63, 3.8) is 0 Å². The highest BCUT2D eigenvalue weighted by molar-refractivity contribution is 5.74. The normalized spacial score (nSPS) is 13.6. The number of hydrogen-bond acceptors (Lipinski definition) is 3. The molecule has 1 N–H and O–H groups in total. The van der Waals surface area contributed by atoms with E-state index in [4.69, 9.17) is 4.74 Å². The molecule has 4 nitrogen and oxygen atoms in total. The second-order valence-electron chi connectivity index (χ2n) is 8.28. The molecule has 2 heterocycles. The average molecular weight is 464 g/mol. The molecular formula is C27H24F3N3O. The summed E-state index contributed by atoms with van der Waals surface area (Å²) in [5.41, 5.74) is 2.46. The number of benzene rings is 3. The van der Waals surface area contributed by atoms with Crippen LogP contribution in [0.25, 0.3) is 16.9 Å². The van der Waals surface area contributed by atoms with E-state index in [9.17, 15) is 13.2 Å². The van der Waals surface area contributed by atoms with Crippen LogP contribution in [0.15, 0.2) is 78.9 Å². The fourth-order valence-corrected chi connectivity index (χ4v) is 4.27. The second-order valence-corrected chi connectivity index (χ2v) is 8.28. The van der Waals surface area contributed by atoms with E-state index in [0.717, 1.165) is 48.1 Å². The van der Waals surface area contributed by atoms with Gasteiger partial charge in [-0.05, 0) is 55.2 Å². The smallest absolute Gasteiger partial charge is 0.417 e. The molecule has 1 aliphatic rings. The van der Waals surface area contributed by atoms with Crippen LogP contribution in [-0.2, 0) is 19.2 Å². The molecule has 0 spiro atoms. The monoisotopic (exact) mass is 463 g/mol. The lowest BCUT2D eigenvalue weighted by Gasteiger charge is -2.12. The predicted molar refractivity (Wildman–Crippen MR) is 126 cm³/mol. The molecule has 0 fully saturated rings. The van der Waals surface area contributed by atoms with Crippen molar-refractivity contribution >= 4 is 5.82 Å². The molecule has 0 bridgehead atoms. The lowest BCUT2D eigenvalue weighted by atomic mass is 9.99. The van der Waals surface area contributed by atoms with E-state index in [2.05, 4.69) is 10.4 Å². The number of nitrogens with one attached hydrogen (secondary N) is 1. The zero-order valence-corrected chi connectivity index (χ0v) is 18.5. The molecule has 4 aromatic rings. The van der Waals surface area contributed by atoms with Gasteiger partial charge in [-0.25, -0.2) is 4.68 Å². The van der Waals surface area contributed by atoms with Gasteiger partial charge in [-0.15, -0.1) is 0 Å². The summed E-state index contributed by atoms with van der Waals surface area (Å²) in [5, 5.41) is 8.07. The molecule has 3 aromatic carbocycles. The Morgan fingerprint density at radius 1 is 0.882 bits per heavy atom. The van der Waals surface area contributed by atoms with Gasteiger partial charge in [0, 0.05) is 17.7 Å². The Morgan fingerprint density at radius 3 is 2.38 bits per heavy atom. The van der Waals surface area contributed by atoms with Crippen LogP contribution in [0.3, 0.4) is 0 Å². The Hall–Kier alpha value is -3.74. The molecule has 0 saturated heterocycles. The Labute approximate surface area is 196 Å². The van der Waals surface area contributed by atoms with Crippen molar-refractivity contribution < 1.29 is 17.9 Å². The zero-order chi connectivity index (χ0) is 23.5.